The molecule has 0 fully saturated rings. The largest absolute Gasteiger partial charge is 0.422 e. The lowest BCUT2D eigenvalue weighted by Gasteiger charge is -2.22. The third-order valence-corrected chi connectivity index (χ3v) is 5.66. The van der Waals surface area contributed by atoms with Crippen LogP contribution in [0.1, 0.15) is 43.2 Å². The summed E-state index contributed by atoms with van der Waals surface area (Å²) in [5.41, 5.74) is 2.49. The molecule has 0 radical (unpaired) electrons. The molecule has 2 aromatic rings. The fourth-order valence-corrected chi connectivity index (χ4v) is 4.24. The van der Waals surface area contributed by atoms with Crippen molar-refractivity contribution >= 4 is 38.6 Å². The zero-order chi connectivity index (χ0) is 20.2. The van der Waals surface area contributed by atoms with Gasteiger partial charge in [-0.15, -0.1) is 0 Å². The Kier molecular flexibility index (Phi) is 4.50. The smallest absolute Gasteiger partial charge is 0.338 e. The normalized spacial score (nSPS) is 18.8. The fraction of sp³-hybridized carbons (Fsp3) is 0.217. The van der Waals surface area contributed by atoms with Crippen LogP contribution < -0.4 is 9.47 Å². The van der Waals surface area contributed by atoms with E-state index in [9.17, 15) is 9.59 Å². The fourth-order valence-electron chi connectivity index (χ4n) is 3.88. The van der Waals surface area contributed by atoms with E-state index in [-0.39, 0.29) is 11.8 Å². The zero-order valence-corrected chi connectivity index (χ0v) is 17.3. The topological polar surface area (TPSA) is 52.6 Å². The summed E-state index contributed by atoms with van der Waals surface area (Å²) >= 11 is 3.49. The first kappa shape index (κ1) is 18.7. The van der Waals surface area contributed by atoms with Crippen LogP contribution in [0.5, 0.6) is 11.5 Å². The van der Waals surface area contributed by atoms with Gasteiger partial charge in [-0.25, -0.2) is 9.59 Å². The summed E-state index contributed by atoms with van der Waals surface area (Å²) in [4.78, 5) is 24.7. The van der Waals surface area contributed by atoms with E-state index >= 15 is 0 Å². The quantitative estimate of drug-likeness (QED) is 0.265. The second-order valence-electron chi connectivity index (χ2n) is 7.35. The van der Waals surface area contributed by atoms with E-state index in [1.807, 2.05) is 18.2 Å². The molecule has 28 heavy (non-hydrogen) atoms. The summed E-state index contributed by atoms with van der Waals surface area (Å²) in [6.07, 6.45) is 5.13. The van der Waals surface area contributed by atoms with Crippen molar-refractivity contribution in [2.45, 2.75) is 32.1 Å². The summed E-state index contributed by atoms with van der Waals surface area (Å²) < 4.78 is 12.4. The Morgan fingerprint density at radius 1 is 0.929 bits per heavy atom. The molecular weight excluding hydrogens is 420 g/mol. The molecule has 0 aliphatic heterocycles. The molecule has 2 aliphatic carbocycles. The van der Waals surface area contributed by atoms with Crippen molar-refractivity contribution in [2.75, 3.05) is 0 Å². The highest BCUT2D eigenvalue weighted by molar-refractivity contribution is 9.10. The first-order valence-electron chi connectivity index (χ1n) is 9.00. The lowest BCUT2D eigenvalue weighted by molar-refractivity contribution is -0.131. The molecule has 2 atom stereocenters. The summed E-state index contributed by atoms with van der Waals surface area (Å²) in [7, 11) is 0. The minimum Gasteiger partial charge on any atom is -0.422 e. The maximum Gasteiger partial charge on any atom is 0.338 e. The third-order valence-electron chi connectivity index (χ3n) is 5.16. The number of rotatable bonds is 4. The zero-order valence-electron chi connectivity index (χ0n) is 15.7. The van der Waals surface area contributed by atoms with Crippen LogP contribution in [0.4, 0.5) is 0 Å². The second-order valence-corrected chi connectivity index (χ2v) is 8.26. The van der Waals surface area contributed by atoms with E-state index in [2.05, 4.69) is 41.2 Å². The van der Waals surface area contributed by atoms with E-state index in [1.165, 1.54) is 0 Å². The number of esters is 2. The molecule has 4 nitrogen and oxygen atoms in total. The molecule has 2 aromatic carbocycles. The number of allylic oxidation sites excluding steroid dienone is 2. The number of fused-ring (bicyclic) bond motifs is 6. The molecule has 0 N–H and O–H groups in total. The molecule has 0 spiro atoms. The molecule has 2 unspecified atom stereocenters. The Morgan fingerprint density at radius 3 is 1.93 bits per heavy atom. The molecular formula is C23H19BrO4. The van der Waals surface area contributed by atoms with Crippen molar-refractivity contribution in [1.82, 2.24) is 0 Å². The van der Waals surface area contributed by atoms with Crippen LogP contribution in [0.25, 0.3) is 10.8 Å². The van der Waals surface area contributed by atoms with Gasteiger partial charge in [0.05, 0.1) is 0 Å². The highest BCUT2D eigenvalue weighted by Crippen LogP contribution is 2.58. The lowest BCUT2D eigenvalue weighted by Crippen LogP contribution is -2.14. The van der Waals surface area contributed by atoms with Crippen molar-refractivity contribution < 1.29 is 19.1 Å². The Morgan fingerprint density at radius 2 is 1.43 bits per heavy atom. The molecule has 0 aromatic heterocycles. The maximum atomic E-state index is 12.4. The number of halogens is 1. The molecule has 142 valence electrons. The number of carbonyl (C=O) groups is 2. The predicted octanol–water partition coefficient (Wildman–Crippen LogP) is 5.71. The highest BCUT2D eigenvalue weighted by atomic mass is 79.9. The van der Waals surface area contributed by atoms with Gasteiger partial charge in [-0.2, -0.15) is 0 Å². The molecule has 5 heteroatoms. The van der Waals surface area contributed by atoms with Crippen molar-refractivity contribution in [3.05, 3.63) is 70.3 Å². The van der Waals surface area contributed by atoms with Crippen LogP contribution in [0.2, 0.25) is 0 Å². The summed E-state index contributed by atoms with van der Waals surface area (Å²) in [6.45, 7) is 10.6. The summed E-state index contributed by atoms with van der Waals surface area (Å²) in [5.74, 6) is 0.359. The third kappa shape index (κ3) is 2.90. The molecule has 4 rings (SSSR count). The standard InChI is InChI=1S/C23H19BrO4/c1-11(2)22(25)27-20-16-8-7-15(24)10-17(16)21(28-23(26)12(3)4)19-14-6-5-13(9-14)18(19)20/h5-8,10,13-14H,1,3,9H2,2,4H3. The average Bonchev–Trinajstić information content (AvgIpc) is 3.25. The van der Waals surface area contributed by atoms with Gasteiger partial charge in [-0.1, -0.05) is 41.2 Å². The van der Waals surface area contributed by atoms with Gasteiger partial charge in [0.1, 0.15) is 11.5 Å². The van der Waals surface area contributed by atoms with Crippen LogP contribution in [-0.4, -0.2) is 11.9 Å². The number of hydrogen-bond donors (Lipinski definition) is 0. The van der Waals surface area contributed by atoms with Gasteiger partial charge in [0.15, 0.2) is 0 Å². The van der Waals surface area contributed by atoms with E-state index in [4.69, 9.17) is 9.47 Å². The van der Waals surface area contributed by atoms with Crippen molar-refractivity contribution in [3.63, 3.8) is 0 Å². The SMILES string of the molecule is C=C(C)C(=O)Oc1c2c(c(OC(=O)C(=C)C)c3cc(Br)ccc13)C1C=CC2C1. The van der Waals surface area contributed by atoms with Crippen LogP contribution in [0.3, 0.4) is 0 Å². The monoisotopic (exact) mass is 438 g/mol. The van der Waals surface area contributed by atoms with E-state index in [0.717, 1.165) is 27.4 Å². The van der Waals surface area contributed by atoms with Gasteiger partial charge in [0.25, 0.3) is 0 Å². The molecule has 2 aliphatic rings. The van der Waals surface area contributed by atoms with Gasteiger partial charge in [-0.3, -0.25) is 0 Å². The first-order valence-corrected chi connectivity index (χ1v) is 9.80. The highest BCUT2D eigenvalue weighted by Gasteiger charge is 2.40. The molecule has 0 heterocycles. The number of hydrogen-bond acceptors (Lipinski definition) is 4. The summed E-state index contributed by atoms with van der Waals surface area (Å²) in [6, 6.07) is 5.62. The average molecular weight is 439 g/mol. The van der Waals surface area contributed by atoms with Crippen molar-refractivity contribution in [2.24, 2.45) is 0 Å². The van der Waals surface area contributed by atoms with E-state index in [1.54, 1.807) is 13.8 Å². The van der Waals surface area contributed by atoms with Gasteiger partial charge in [0, 0.05) is 49.4 Å². The van der Waals surface area contributed by atoms with Gasteiger partial charge in [0.2, 0.25) is 0 Å². The molecule has 0 amide bonds. The lowest BCUT2D eigenvalue weighted by atomic mass is 9.90. The predicted molar refractivity (Wildman–Crippen MR) is 112 cm³/mol. The van der Waals surface area contributed by atoms with Crippen molar-refractivity contribution in [1.29, 1.82) is 0 Å². The second kappa shape index (κ2) is 6.74. The number of carbonyl (C=O) groups excluding carboxylic acids is 2. The van der Waals surface area contributed by atoms with Crippen LogP contribution in [-0.2, 0) is 9.59 Å². The van der Waals surface area contributed by atoms with Crippen molar-refractivity contribution in [3.8, 4) is 11.5 Å². The minimum absolute atomic E-state index is 0.124. The molecule has 0 saturated carbocycles. The Bertz CT molecular complexity index is 1110. The molecule has 2 bridgehead atoms. The van der Waals surface area contributed by atoms with Crippen LogP contribution >= 0.6 is 15.9 Å². The van der Waals surface area contributed by atoms with Gasteiger partial charge >= 0.3 is 11.9 Å². The first-order chi connectivity index (χ1) is 13.3. The van der Waals surface area contributed by atoms with Crippen LogP contribution in [0.15, 0.2) is 59.1 Å². The Labute approximate surface area is 171 Å². The molecule has 0 saturated heterocycles. The van der Waals surface area contributed by atoms with Gasteiger partial charge in [-0.05, 0) is 38.5 Å². The maximum absolute atomic E-state index is 12.4. The van der Waals surface area contributed by atoms with Crippen LogP contribution in [0, 0.1) is 0 Å². The number of ether oxygens (including phenoxy) is 2. The van der Waals surface area contributed by atoms with Gasteiger partial charge < -0.3 is 9.47 Å². The number of benzene rings is 2. The van der Waals surface area contributed by atoms with E-state index in [0.29, 0.717) is 28.0 Å². The Hall–Kier alpha value is -2.66. The summed E-state index contributed by atoms with van der Waals surface area (Å²) in [5, 5.41) is 1.44. The minimum atomic E-state index is -0.470. The Balaban J connectivity index is 2.03. The van der Waals surface area contributed by atoms with E-state index < -0.39 is 11.9 Å².